The molecule has 0 unspecified atom stereocenters. The molecule has 0 saturated carbocycles. The van der Waals surface area contributed by atoms with Crippen molar-refractivity contribution >= 4 is 68.6 Å². The Hall–Kier alpha value is -3.06. The number of hydrogen-bond donors (Lipinski definition) is 2. The van der Waals surface area contributed by atoms with Crippen LogP contribution in [-0.2, 0) is 18.0 Å². The first-order valence-electron chi connectivity index (χ1n) is 9.74. The van der Waals surface area contributed by atoms with E-state index in [9.17, 15) is 18.0 Å². The number of anilines is 3. The molecule has 0 aliphatic heterocycles. The predicted octanol–water partition coefficient (Wildman–Crippen LogP) is 6.55. The van der Waals surface area contributed by atoms with Crippen LogP contribution in [0.4, 0.5) is 30.6 Å². The maximum atomic E-state index is 13.2. The highest BCUT2D eigenvalue weighted by Gasteiger charge is 2.33. The highest BCUT2D eigenvalue weighted by atomic mass is 127. The highest BCUT2D eigenvalue weighted by Crippen LogP contribution is 2.37. The number of imidazole rings is 1. The molecular weight excluding hydrogens is 586 g/mol. The van der Waals surface area contributed by atoms with Gasteiger partial charge in [-0.2, -0.15) is 13.2 Å². The molecule has 0 fully saturated rings. The summed E-state index contributed by atoms with van der Waals surface area (Å²) in [6.45, 7) is 0. The fourth-order valence-electron chi connectivity index (χ4n) is 3.16. The van der Waals surface area contributed by atoms with Crippen LogP contribution in [-0.4, -0.2) is 24.9 Å². The lowest BCUT2D eigenvalue weighted by Crippen LogP contribution is -2.13. The fourth-order valence-corrected chi connectivity index (χ4v) is 3.57. The lowest BCUT2D eigenvalue weighted by atomic mass is 10.2. The second kappa shape index (κ2) is 9.66. The Balaban J connectivity index is 1.58. The number of ether oxygens (including phenoxy) is 1. The van der Waals surface area contributed by atoms with Crippen LogP contribution in [0.5, 0.6) is 11.5 Å². The molecule has 2 aromatic heterocycles. The summed E-state index contributed by atoms with van der Waals surface area (Å²) in [7, 11) is 1.74. The maximum absolute atomic E-state index is 13.2. The van der Waals surface area contributed by atoms with E-state index in [0.717, 1.165) is 11.6 Å². The molecule has 2 heterocycles. The van der Waals surface area contributed by atoms with Gasteiger partial charge in [-0.15, -0.1) is 0 Å². The Morgan fingerprint density at radius 3 is 2.65 bits per heavy atom. The van der Waals surface area contributed by atoms with Crippen LogP contribution in [0.25, 0.3) is 11.0 Å². The zero-order valence-electron chi connectivity index (χ0n) is 17.5. The van der Waals surface area contributed by atoms with Gasteiger partial charge < -0.3 is 19.9 Å². The molecule has 176 valence electrons. The van der Waals surface area contributed by atoms with E-state index in [-0.39, 0.29) is 16.6 Å². The predicted molar refractivity (Wildman–Crippen MR) is 132 cm³/mol. The van der Waals surface area contributed by atoms with Crippen molar-refractivity contribution in [2.45, 2.75) is 6.18 Å². The molecule has 0 bridgehead atoms. The van der Waals surface area contributed by atoms with E-state index in [1.807, 2.05) is 22.6 Å². The van der Waals surface area contributed by atoms with Crippen molar-refractivity contribution in [1.82, 2.24) is 14.5 Å². The molecule has 34 heavy (non-hydrogen) atoms. The van der Waals surface area contributed by atoms with Gasteiger partial charge >= 0.3 is 6.18 Å². The van der Waals surface area contributed by atoms with E-state index in [0.29, 0.717) is 33.2 Å². The van der Waals surface area contributed by atoms with Gasteiger partial charge in [0, 0.05) is 31.1 Å². The first-order valence-corrected chi connectivity index (χ1v) is 11.6. The lowest BCUT2D eigenvalue weighted by Gasteiger charge is -2.12. The average Bonchev–Trinajstić information content (AvgIpc) is 3.09. The third-order valence-electron chi connectivity index (χ3n) is 4.74. The molecular formula is C22H16ClF3IN5O2. The van der Waals surface area contributed by atoms with Crippen molar-refractivity contribution in [1.29, 1.82) is 0 Å². The van der Waals surface area contributed by atoms with Crippen molar-refractivity contribution in [2.75, 3.05) is 15.1 Å². The van der Waals surface area contributed by atoms with Crippen molar-refractivity contribution in [3.05, 3.63) is 65.3 Å². The summed E-state index contributed by atoms with van der Waals surface area (Å²) in [6, 6.07) is 12.0. The van der Waals surface area contributed by atoms with Gasteiger partial charge in [0.15, 0.2) is 0 Å². The van der Waals surface area contributed by atoms with Gasteiger partial charge in [0.05, 0.1) is 26.0 Å². The minimum atomic E-state index is -4.57. The van der Waals surface area contributed by atoms with Crippen molar-refractivity contribution in [3.8, 4) is 11.5 Å². The number of benzene rings is 2. The quantitative estimate of drug-likeness (QED) is 0.194. The van der Waals surface area contributed by atoms with Crippen LogP contribution in [0, 0.1) is 0 Å². The van der Waals surface area contributed by atoms with E-state index in [1.54, 1.807) is 41.9 Å². The van der Waals surface area contributed by atoms with E-state index in [2.05, 4.69) is 20.6 Å². The van der Waals surface area contributed by atoms with Gasteiger partial charge in [-0.05, 0) is 36.4 Å². The number of nitrogens with one attached hydrogen (secondary N) is 2. The Kier molecular flexibility index (Phi) is 6.84. The van der Waals surface area contributed by atoms with Gasteiger partial charge in [-0.1, -0.05) is 34.2 Å². The number of fused-ring (bicyclic) bond motifs is 1. The van der Waals surface area contributed by atoms with Crippen LogP contribution in [0.3, 0.4) is 0 Å². The molecule has 0 radical (unpaired) electrons. The number of pyridine rings is 1. The van der Waals surface area contributed by atoms with E-state index in [4.69, 9.17) is 16.3 Å². The normalized spacial score (nSPS) is 11.5. The third kappa shape index (κ3) is 5.36. The molecule has 12 heteroatoms. The molecule has 2 aromatic carbocycles. The summed E-state index contributed by atoms with van der Waals surface area (Å²) in [6.07, 6.45) is -3.06. The summed E-state index contributed by atoms with van der Waals surface area (Å²) in [5.74, 6) is 1.48. The second-order valence-corrected chi connectivity index (χ2v) is 8.29. The van der Waals surface area contributed by atoms with Gasteiger partial charge in [0.2, 0.25) is 11.9 Å². The van der Waals surface area contributed by atoms with Crippen LogP contribution in [0.1, 0.15) is 5.56 Å². The first kappa shape index (κ1) is 24.1. The second-order valence-electron chi connectivity index (χ2n) is 7.12. The monoisotopic (exact) mass is 601 g/mol. The topological polar surface area (TPSA) is 81.1 Å². The van der Waals surface area contributed by atoms with Gasteiger partial charge in [-0.3, -0.25) is 4.79 Å². The summed E-state index contributed by atoms with van der Waals surface area (Å²) >= 11 is 7.65. The Morgan fingerprint density at radius 2 is 1.91 bits per heavy atom. The fraction of sp³-hybridized carbons (Fsp3) is 0.136. The molecule has 4 aromatic rings. The number of amides is 1. The zero-order chi connectivity index (χ0) is 24.5. The largest absolute Gasteiger partial charge is 0.457 e. The van der Waals surface area contributed by atoms with Crippen molar-refractivity contribution in [2.24, 2.45) is 7.05 Å². The number of alkyl halides is 4. The number of hydrogen-bond acceptors (Lipinski definition) is 5. The van der Waals surface area contributed by atoms with Gasteiger partial charge in [-0.25, -0.2) is 9.97 Å². The molecule has 0 atom stereocenters. The zero-order valence-corrected chi connectivity index (χ0v) is 20.4. The molecule has 2 N–H and O–H groups in total. The molecule has 0 saturated heterocycles. The SMILES string of the molecule is Cn1c(Nc2ccc(Cl)c(C(F)(F)F)c2)nc2cc(Oc3ccnc(NC(=O)CI)c3)ccc21. The number of halogens is 5. The first-order chi connectivity index (χ1) is 16.1. The Morgan fingerprint density at radius 1 is 1.15 bits per heavy atom. The number of aromatic nitrogens is 3. The lowest BCUT2D eigenvalue weighted by molar-refractivity contribution is -0.137. The summed E-state index contributed by atoms with van der Waals surface area (Å²) < 4.78 is 47.4. The van der Waals surface area contributed by atoms with E-state index < -0.39 is 11.7 Å². The molecule has 0 spiro atoms. The average molecular weight is 602 g/mol. The highest BCUT2D eigenvalue weighted by molar-refractivity contribution is 14.1. The number of nitrogens with zero attached hydrogens (tertiary/aromatic N) is 3. The molecule has 1 amide bonds. The minimum absolute atomic E-state index is 0.178. The summed E-state index contributed by atoms with van der Waals surface area (Å²) in [5, 5.41) is 5.19. The molecule has 7 nitrogen and oxygen atoms in total. The maximum Gasteiger partial charge on any atom is 0.417 e. The van der Waals surface area contributed by atoms with Crippen molar-refractivity contribution < 1.29 is 22.7 Å². The number of aryl methyl sites for hydroxylation is 1. The smallest absolute Gasteiger partial charge is 0.417 e. The van der Waals surface area contributed by atoms with E-state index >= 15 is 0 Å². The standard InChI is InChI=1S/C22H16ClF3IN5O2/c1-32-18-5-3-13(34-14-6-7-28-19(10-14)31-20(33)11-27)9-17(18)30-21(32)29-12-2-4-16(23)15(8-12)22(24,25)26/h2-10H,11H2,1H3,(H,29,30)(H,28,31,33). The molecule has 4 rings (SSSR count). The summed E-state index contributed by atoms with van der Waals surface area (Å²) in [5.41, 5.74) is 0.578. The van der Waals surface area contributed by atoms with Gasteiger partial charge in [0.25, 0.3) is 0 Å². The van der Waals surface area contributed by atoms with Crippen LogP contribution >= 0.6 is 34.2 Å². The van der Waals surface area contributed by atoms with Crippen LogP contribution in [0.15, 0.2) is 54.7 Å². The summed E-state index contributed by atoms with van der Waals surface area (Å²) in [4.78, 5) is 20.1. The van der Waals surface area contributed by atoms with Gasteiger partial charge in [0.1, 0.15) is 17.3 Å². The number of carbonyl (C=O) groups is 1. The van der Waals surface area contributed by atoms with E-state index in [1.165, 1.54) is 18.3 Å². The third-order valence-corrected chi connectivity index (χ3v) is 5.76. The Labute approximate surface area is 210 Å². The van der Waals surface area contributed by atoms with Crippen molar-refractivity contribution in [3.63, 3.8) is 0 Å². The molecule has 0 aliphatic carbocycles. The Bertz CT molecular complexity index is 1380. The number of rotatable bonds is 6. The molecule has 0 aliphatic rings. The number of carbonyl (C=O) groups excluding carboxylic acids is 1. The minimum Gasteiger partial charge on any atom is -0.457 e. The van der Waals surface area contributed by atoms with Crippen LogP contribution < -0.4 is 15.4 Å². The van der Waals surface area contributed by atoms with Crippen LogP contribution in [0.2, 0.25) is 5.02 Å².